The monoisotopic (exact) mass is 351 g/mol. The van der Waals surface area contributed by atoms with Crippen LogP contribution < -0.4 is 15.4 Å². The van der Waals surface area contributed by atoms with Crippen molar-refractivity contribution in [3.8, 4) is 5.75 Å². The van der Waals surface area contributed by atoms with Crippen molar-refractivity contribution in [1.29, 1.82) is 0 Å². The lowest BCUT2D eigenvalue weighted by molar-refractivity contribution is -0.122. The highest BCUT2D eigenvalue weighted by Crippen LogP contribution is 2.32. The SMILES string of the molecule is Cc1nn(C)c2ncc(C(=O)Nc3ccc4c(c3)NC(=O)C(C)O4)cc12. The first kappa shape index (κ1) is 16.1. The fourth-order valence-electron chi connectivity index (χ4n) is 2.92. The summed E-state index contributed by atoms with van der Waals surface area (Å²) < 4.78 is 7.19. The zero-order chi connectivity index (χ0) is 18.4. The van der Waals surface area contributed by atoms with E-state index in [-0.39, 0.29) is 11.8 Å². The van der Waals surface area contributed by atoms with Crippen molar-refractivity contribution in [1.82, 2.24) is 14.8 Å². The van der Waals surface area contributed by atoms with Gasteiger partial charge < -0.3 is 15.4 Å². The molecule has 1 aliphatic heterocycles. The van der Waals surface area contributed by atoms with Crippen LogP contribution in [0.2, 0.25) is 0 Å². The van der Waals surface area contributed by atoms with Crippen LogP contribution in [0.1, 0.15) is 23.0 Å². The normalized spacial score (nSPS) is 16.0. The molecule has 0 saturated carbocycles. The zero-order valence-corrected chi connectivity index (χ0v) is 14.5. The van der Waals surface area contributed by atoms with E-state index in [9.17, 15) is 9.59 Å². The number of amides is 2. The minimum absolute atomic E-state index is 0.220. The van der Waals surface area contributed by atoms with Gasteiger partial charge >= 0.3 is 0 Å². The van der Waals surface area contributed by atoms with Gasteiger partial charge in [0.1, 0.15) is 5.75 Å². The Balaban J connectivity index is 1.60. The highest BCUT2D eigenvalue weighted by molar-refractivity contribution is 6.06. The minimum Gasteiger partial charge on any atom is -0.479 e. The maximum atomic E-state index is 12.6. The van der Waals surface area contributed by atoms with E-state index in [2.05, 4.69) is 20.7 Å². The molecule has 8 heteroatoms. The number of benzene rings is 1. The average molecular weight is 351 g/mol. The molecule has 3 heterocycles. The van der Waals surface area contributed by atoms with Crippen LogP contribution in [0, 0.1) is 6.92 Å². The van der Waals surface area contributed by atoms with Gasteiger partial charge in [0, 0.05) is 24.3 Å². The predicted octanol–water partition coefficient (Wildman–Crippen LogP) is 2.25. The van der Waals surface area contributed by atoms with Crippen molar-refractivity contribution < 1.29 is 14.3 Å². The standard InChI is InChI=1S/C18H17N5O3/c1-9-13-6-11(8-19-16(13)23(3)22-9)18(25)20-12-4-5-15-14(7-12)21-17(24)10(2)26-15/h4-8,10H,1-3H3,(H,20,25)(H,21,24). The van der Waals surface area contributed by atoms with E-state index in [1.807, 2.05) is 14.0 Å². The molecule has 0 fully saturated rings. The van der Waals surface area contributed by atoms with Crippen LogP contribution in [-0.2, 0) is 11.8 Å². The summed E-state index contributed by atoms with van der Waals surface area (Å²) in [7, 11) is 1.81. The molecule has 132 valence electrons. The molecular formula is C18H17N5O3. The van der Waals surface area contributed by atoms with Crippen molar-refractivity contribution in [3.05, 3.63) is 41.7 Å². The molecule has 0 aliphatic carbocycles. The number of nitrogens with one attached hydrogen (secondary N) is 2. The van der Waals surface area contributed by atoms with Crippen LogP contribution in [-0.4, -0.2) is 32.7 Å². The molecule has 1 atom stereocenters. The van der Waals surface area contributed by atoms with Crippen LogP contribution >= 0.6 is 0 Å². The van der Waals surface area contributed by atoms with Gasteiger partial charge in [-0.1, -0.05) is 0 Å². The zero-order valence-electron chi connectivity index (χ0n) is 14.5. The number of aromatic nitrogens is 3. The fraction of sp³-hybridized carbons (Fsp3) is 0.222. The molecule has 2 aromatic heterocycles. The molecule has 1 unspecified atom stereocenters. The van der Waals surface area contributed by atoms with E-state index < -0.39 is 6.10 Å². The quantitative estimate of drug-likeness (QED) is 0.738. The first-order valence-electron chi connectivity index (χ1n) is 8.14. The van der Waals surface area contributed by atoms with Gasteiger partial charge in [0.15, 0.2) is 11.8 Å². The third-order valence-corrected chi connectivity index (χ3v) is 4.29. The number of carbonyl (C=O) groups excluding carboxylic acids is 2. The largest absolute Gasteiger partial charge is 0.479 e. The third kappa shape index (κ3) is 2.65. The van der Waals surface area contributed by atoms with Gasteiger partial charge in [-0.2, -0.15) is 5.10 Å². The number of ether oxygens (including phenoxy) is 1. The Morgan fingerprint density at radius 1 is 1.35 bits per heavy atom. The molecule has 1 aliphatic rings. The van der Waals surface area contributed by atoms with Crippen molar-refractivity contribution in [2.45, 2.75) is 20.0 Å². The molecule has 2 amide bonds. The first-order chi connectivity index (χ1) is 12.4. The molecule has 3 aromatic rings. The number of fused-ring (bicyclic) bond motifs is 2. The Bertz CT molecular complexity index is 1060. The van der Waals surface area contributed by atoms with Crippen molar-refractivity contribution in [3.63, 3.8) is 0 Å². The molecule has 4 rings (SSSR count). The fourth-order valence-corrected chi connectivity index (χ4v) is 2.92. The van der Waals surface area contributed by atoms with Gasteiger partial charge in [0.2, 0.25) is 0 Å². The second-order valence-corrected chi connectivity index (χ2v) is 6.22. The maximum absolute atomic E-state index is 12.6. The number of hydrogen-bond acceptors (Lipinski definition) is 5. The number of rotatable bonds is 2. The average Bonchev–Trinajstić information content (AvgIpc) is 2.90. The summed E-state index contributed by atoms with van der Waals surface area (Å²) in [6, 6.07) is 6.87. The Labute approximate surface area is 149 Å². The summed E-state index contributed by atoms with van der Waals surface area (Å²) in [5.74, 6) is 0.0610. The van der Waals surface area contributed by atoms with Gasteiger partial charge in [-0.3, -0.25) is 14.3 Å². The molecule has 0 bridgehead atoms. The number of nitrogens with zero attached hydrogens (tertiary/aromatic N) is 3. The minimum atomic E-state index is -0.538. The van der Waals surface area contributed by atoms with Crippen LogP contribution in [0.4, 0.5) is 11.4 Å². The molecule has 26 heavy (non-hydrogen) atoms. The molecule has 0 spiro atoms. The lowest BCUT2D eigenvalue weighted by Gasteiger charge is -2.23. The third-order valence-electron chi connectivity index (χ3n) is 4.29. The molecule has 2 N–H and O–H groups in total. The Morgan fingerprint density at radius 3 is 2.96 bits per heavy atom. The number of anilines is 2. The number of carbonyl (C=O) groups is 2. The van der Waals surface area contributed by atoms with Crippen LogP contribution in [0.15, 0.2) is 30.5 Å². The van der Waals surface area contributed by atoms with E-state index in [1.165, 1.54) is 6.20 Å². The summed E-state index contributed by atoms with van der Waals surface area (Å²) >= 11 is 0. The topological polar surface area (TPSA) is 98.1 Å². The predicted molar refractivity (Wildman–Crippen MR) is 96.4 cm³/mol. The van der Waals surface area contributed by atoms with E-state index in [0.717, 1.165) is 16.7 Å². The molecular weight excluding hydrogens is 334 g/mol. The highest BCUT2D eigenvalue weighted by Gasteiger charge is 2.23. The van der Waals surface area contributed by atoms with Gasteiger partial charge in [-0.15, -0.1) is 0 Å². The highest BCUT2D eigenvalue weighted by atomic mass is 16.5. The van der Waals surface area contributed by atoms with Gasteiger partial charge in [0.25, 0.3) is 11.8 Å². The van der Waals surface area contributed by atoms with E-state index in [4.69, 9.17) is 4.74 Å². The summed E-state index contributed by atoms with van der Waals surface area (Å²) in [5.41, 5.74) is 3.05. The van der Waals surface area contributed by atoms with Crippen LogP contribution in [0.25, 0.3) is 11.0 Å². The lowest BCUT2D eigenvalue weighted by atomic mass is 10.1. The number of hydrogen-bond donors (Lipinski definition) is 2. The van der Waals surface area contributed by atoms with Crippen LogP contribution in [0.5, 0.6) is 5.75 Å². The Kier molecular flexibility index (Phi) is 3.61. The van der Waals surface area contributed by atoms with Crippen molar-refractivity contribution in [2.24, 2.45) is 7.05 Å². The summed E-state index contributed by atoms with van der Waals surface area (Å²) in [6.07, 6.45) is 0.979. The smallest absolute Gasteiger partial charge is 0.265 e. The van der Waals surface area contributed by atoms with Gasteiger partial charge in [0.05, 0.1) is 16.9 Å². The van der Waals surface area contributed by atoms with E-state index >= 15 is 0 Å². The lowest BCUT2D eigenvalue weighted by Crippen LogP contribution is -2.34. The Morgan fingerprint density at radius 2 is 2.15 bits per heavy atom. The van der Waals surface area contributed by atoms with E-state index in [0.29, 0.717) is 22.7 Å². The van der Waals surface area contributed by atoms with Crippen molar-refractivity contribution >= 4 is 34.2 Å². The molecule has 1 aromatic carbocycles. The van der Waals surface area contributed by atoms with Gasteiger partial charge in [-0.05, 0) is 38.1 Å². The molecule has 8 nitrogen and oxygen atoms in total. The number of pyridine rings is 1. The van der Waals surface area contributed by atoms with Crippen molar-refractivity contribution in [2.75, 3.05) is 10.6 Å². The number of aryl methyl sites for hydroxylation is 2. The second-order valence-electron chi connectivity index (χ2n) is 6.22. The first-order valence-corrected chi connectivity index (χ1v) is 8.14. The summed E-state index contributed by atoms with van der Waals surface area (Å²) in [6.45, 7) is 3.55. The Hall–Kier alpha value is -3.42. The van der Waals surface area contributed by atoms with Crippen LogP contribution in [0.3, 0.4) is 0 Å². The summed E-state index contributed by atoms with van der Waals surface area (Å²) in [4.78, 5) is 28.6. The molecule has 0 radical (unpaired) electrons. The second kappa shape index (κ2) is 5.83. The maximum Gasteiger partial charge on any atom is 0.265 e. The molecule has 0 saturated heterocycles. The van der Waals surface area contributed by atoms with Gasteiger partial charge in [-0.25, -0.2) is 4.98 Å². The van der Waals surface area contributed by atoms with E-state index in [1.54, 1.807) is 35.9 Å². The summed E-state index contributed by atoms with van der Waals surface area (Å²) in [5, 5.41) is 10.7.